The molecule has 0 aromatic heterocycles. The van der Waals surface area contributed by atoms with Crippen LogP contribution in [0.4, 0.5) is 5.69 Å². The number of ether oxygens (including phenoxy) is 2. The Hall–Kier alpha value is -2.51. The predicted octanol–water partition coefficient (Wildman–Crippen LogP) is 3.82. The number of esters is 1. The summed E-state index contributed by atoms with van der Waals surface area (Å²) in [6.45, 7) is 5.40. The fraction of sp³-hybridized carbons (Fsp3) is 0.211. The summed E-state index contributed by atoms with van der Waals surface area (Å²) in [5.41, 5.74) is 1.27. The smallest absolute Gasteiger partial charge is 0.337 e. The van der Waals surface area contributed by atoms with E-state index in [1.165, 1.54) is 48.9 Å². The Morgan fingerprint density at radius 3 is 2.48 bits per heavy atom. The van der Waals surface area contributed by atoms with Crippen molar-refractivity contribution < 1.29 is 22.7 Å². The number of carbonyl (C=O) groups is 1. The number of sulfonamides is 1. The van der Waals surface area contributed by atoms with Crippen molar-refractivity contribution in [2.45, 2.75) is 11.8 Å². The third kappa shape index (κ3) is 4.26. The maximum atomic E-state index is 13.2. The first-order valence-corrected chi connectivity index (χ1v) is 9.74. The van der Waals surface area contributed by atoms with Gasteiger partial charge in [0.1, 0.15) is 5.75 Å². The Kier molecular flexibility index (Phi) is 6.51. The number of nitrogens with zero attached hydrogens (tertiary/aromatic N) is 1. The normalized spacial score (nSPS) is 11.0. The molecule has 2 aromatic carbocycles. The highest BCUT2D eigenvalue weighted by molar-refractivity contribution is 7.92. The number of halogens is 1. The zero-order valence-electron chi connectivity index (χ0n) is 15.2. The standard InChI is InChI=1S/C19H20ClNO5S/c1-5-10-21(17-11-14(19(22)26-4)7-6-13(17)2)27(23,24)15-8-9-18(25-3)16(20)12-15/h5-9,11-12H,1,10H2,2-4H3. The number of aryl methyl sites for hydroxylation is 1. The van der Waals surface area contributed by atoms with Crippen LogP contribution in [0.3, 0.4) is 0 Å². The molecule has 0 N–H and O–H groups in total. The third-order valence-corrected chi connectivity index (χ3v) is 5.98. The van der Waals surface area contributed by atoms with Crippen LogP contribution >= 0.6 is 11.6 Å². The van der Waals surface area contributed by atoms with Gasteiger partial charge in [0.25, 0.3) is 10.0 Å². The summed E-state index contributed by atoms with van der Waals surface area (Å²) < 4.78 is 37.4. The first kappa shape index (κ1) is 20.8. The molecule has 8 heteroatoms. The van der Waals surface area contributed by atoms with Crippen molar-refractivity contribution in [3.8, 4) is 5.75 Å². The molecule has 0 aliphatic carbocycles. The molecule has 0 amide bonds. The van der Waals surface area contributed by atoms with Gasteiger partial charge in [-0.25, -0.2) is 13.2 Å². The van der Waals surface area contributed by atoms with Gasteiger partial charge in [0.05, 0.1) is 41.9 Å². The molecule has 0 bridgehead atoms. The minimum Gasteiger partial charge on any atom is -0.495 e. The molecule has 2 rings (SSSR count). The maximum absolute atomic E-state index is 13.2. The van der Waals surface area contributed by atoms with E-state index in [0.29, 0.717) is 17.0 Å². The van der Waals surface area contributed by atoms with E-state index in [1.54, 1.807) is 19.1 Å². The lowest BCUT2D eigenvalue weighted by atomic mass is 10.1. The fourth-order valence-electron chi connectivity index (χ4n) is 2.50. The fourth-order valence-corrected chi connectivity index (χ4v) is 4.34. The summed E-state index contributed by atoms with van der Waals surface area (Å²) in [5.74, 6) is -0.186. The SMILES string of the molecule is C=CCN(c1cc(C(=O)OC)ccc1C)S(=O)(=O)c1ccc(OC)c(Cl)c1. The average molecular weight is 410 g/mol. The summed E-state index contributed by atoms with van der Waals surface area (Å²) in [7, 11) is -1.26. The van der Waals surface area contributed by atoms with Crippen molar-refractivity contribution in [2.24, 2.45) is 0 Å². The average Bonchev–Trinajstić information content (AvgIpc) is 2.66. The van der Waals surface area contributed by atoms with E-state index < -0.39 is 16.0 Å². The largest absolute Gasteiger partial charge is 0.495 e. The monoisotopic (exact) mass is 409 g/mol. The van der Waals surface area contributed by atoms with Crippen LogP contribution in [0.2, 0.25) is 5.02 Å². The summed E-state index contributed by atoms with van der Waals surface area (Å²) in [4.78, 5) is 11.8. The van der Waals surface area contributed by atoms with Crippen LogP contribution in [0, 0.1) is 6.92 Å². The molecular weight excluding hydrogens is 390 g/mol. The van der Waals surface area contributed by atoms with Crippen molar-refractivity contribution >= 4 is 33.3 Å². The lowest BCUT2D eigenvalue weighted by molar-refractivity contribution is 0.0600. The molecule has 0 aliphatic heterocycles. The van der Waals surface area contributed by atoms with Crippen molar-refractivity contribution in [2.75, 3.05) is 25.1 Å². The predicted molar refractivity (Wildman–Crippen MR) is 105 cm³/mol. The molecular formula is C19H20ClNO5S. The summed E-state index contributed by atoms with van der Waals surface area (Å²) >= 11 is 6.09. The van der Waals surface area contributed by atoms with Gasteiger partial charge >= 0.3 is 5.97 Å². The van der Waals surface area contributed by atoms with E-state index in [0.717, 1.165) is 0 Å². The highest BCUT2D eigenvalue weighted by atomic mass is 35.5. The van der Waals surface area contributed by atoms with Crippen molar-refractivity contribution in [3.63, 3.8) is 0 Å². The first-order valence-electron chi connectivity index (χ1n) is 7.92. The number of benzene rings is 2. The second-order valence-corrected chi connectivity index (χ2v) is 7.88. The van der Waals surface area contributed by atoms with Crippen LogP contribution in [0.1, 0.15) is 15.9 Å². The molecule has 0 saturated carbocycles. The molecule has 0 atom stereocenters. The molecule has 6 nitrogen and oxygen atoms in total. The topological polar surface area (TPSA) is 72.9 Å². The van der Waals surface area contributed by atoms with Gasteiger partial charge in [-0.05, 0) is 42.8 Å². The van der Waals surface area contributed by atoms with E-state index in [4.69, 9.17) is 21.1 Å². The zero-order valence-corrected chi connectivity index (χ0v) is 16.8. The van der Waals surface area contributed by atoms with Crippen LogP contribution in [0.15, 0.2) is 53.9 Å². The van der Waals surface area contributed by atoms with Crippen LogP contribution in [-0.4, -0.2) is 35.2 Å². The Labute approximate surface area is 164 Å². The molecule has 27 heavy (non-hydrogen) atoms. The second kappa shape index (κ2) is 8.45. The molecule has 0 radical (unpaired) electrons. The lowest BCUT2D eigenvalue weighted by Crippen LogP contribution is -2.32. The Morgan fingerprint density at radius 1 is 1.22 bits per heavy atom. The van der Waals surface area contributed by atoms with Crippen molar-refractivity contribution in [3.05, 3.63) is 65.2 Å². The van der Waals surface area contributed by atoms with E-state index in [-0.39, 0.29) is 22.0 Å². The number of carbonyl (C=O) groups excluding carboxylic acids is 1. The van der Waals surface area contributed by atoms with Gasteiger partial charge in [-0.2, -0.15) is 0 Å². The molecule has 0 heterocycles. The van der Waals surface area contributed by atoms with Gasteiger partial charge in [0.15, 0.2) is 0 Å². The van der Waals surface area contributed by atoms with Gasteiger partial charge in [-0.1, -0.05) is 23.7 Å². The lowest BCUT2D eigenvalue weighted by Gasteiger charge is -2.25. The molecule has 0 saturated heterocycles. The minimum atomic E-state index is -3.97. The van der Waals surface area contributed by atoms with Crippen molar-refractivity contribution in [1.29, 1.82) is 0 Å². The van der Waals surface area contributed by atoms with Crippen LogP contribution < -0.4 is 9.04 Å². The third-order valence-electron chi connectivity index (χ3n) is 3.91. The van der Waals surface area contributed by atoms with Crippen LogP contribution in [0.25, 0.3) is 0 Å². The number of anilines is 1. The Bertz CT molecular complexity index is 972. The summed E-state index contributed by atoms with van der Waals surface area (Å²) in [6, 6.07) is 8.94. The van der Waals surface area contributed by atoms with Gasteiger partial charge in [-0.15, -0.1) is 6.58 Å². The highest BCUT2D eigenvalue weighted by Gasteiger charge is 2.27. The summed E-state index contributed by atoms with van der Waals surface area (Å²) in [5, 5.41) is 0.178. The van der Waals surface area contributed by atoms with Gasteiger partial charge in [0.2, 0.25) is 0 Å². The van der Waals surface area contributed by atoms with Crippen LogP contribution in [0.5, 0.6) is 5.75 Å². The van der Waals surface area contributed by atoms with E-state index in [1.807, 2.05) is 0 Å². The number of hydrogen-bond acceptors (Lipinski definition) is 5. The minimum absolute atomic E-state index is 0.00183. The number of hydrogen-bond donors (Lipinski definition) is 0. The maximum Gasteiger partial charge on any atom is 0.337 e. The zero-order chi connectivity index (χ0) is 20.2. The molecule has 0 spiro atoms. The highest BCUT2D eigenvalue weighted by Crippen LogP contribution is 2.32. The Morgan fingerprint density at radius 2 is 1.93 bits per heavy atom. The van der Waals surface area contributed by atoms with E-state index >= 15 is 0 Å². The second-order valence-electron chi connectivity index (χ2n) is 5.61. The molecule has 0 unspecified atom stereocenters. The van der Waals surface area contributed by atoms with Gasteiger partial charge in [-0.3, -0.25) is 4.31 Å². The quantitative estimate of drug-likeness (QED) is 0.513. The molecule has 2 aromatic rings. The number of rotatable bonds is 7. The first-order chi connectivity index (χ1) is 12.8. The molecule has 0 fully saturated rings. The molecule has 144 valence electrons. The van der Waals surface area contributed by atoms with E-state index in [9.17, 15) is 13.2 Å². The molecule has 0 aliphatic rings. The van der Waals surface area contributed by atoms with Gasteiger partial charge in [0, 0.05) is 0 Å². The van der Waals surface area contributed by atoms with Crippen LogP contribution in [-0.2, 0) is 14.8 Å². The Balaban J connectivity index is 2.61. The van der Waals surface area contributed by atoms with Crippen molar-refractivity contribution in [1.82, 2.24) is 0 Å². The summed E-state index contributed by atoms with van der Waals surface area (Å²) in [6.07, 6.45) is 1.47. The van der Waals surface area contributed by atoms with E-state index in [2.05, 4.69) is 6.58 Å². The van der Waals surface area contributed by atoms with Gasteiger partial charge < -0.3 is 9.47 Å². The number of methoxy groups -OCH3 is 2.